The molecular weight excluding hydrogens is 280 g/mol. The fraction of sp³-hybridized carbons (Fsp3) is 0.318. The molecule has 0 saturated heterocycles. The van der Waals surface area contributed by atoms with E-state index in [9.17, 15) is 4.79 Å². The first-order valence-corrected chi connectivity index (χ1v) is 8.14. The number of hydrogen-bond acceptors (Lipinski definition) is 1. The minimum atomic E-state index is -0.435. The van der Waals surface area contributed by atoms with Gasteiger partial charge in [-0.15, -0.1) is 0 Å². The van der Waals surface area contributed by atoms with Gasteiger partial charge in [0.1, 0.15) is 0 Å². The molecule has 2 aromatic carbocycles. The van der Waals surface area contributed by atoms with Crippen molar-refractivity contribution in [1.29, 1.82) is 0 Å². The van der Waals surface area contributed by atoms with Crippen LogP contribution in [0.3, 0.4) is 0 Å². The van der Waals surface area contributed by atoms with Crippen molar-refractivity contribution in [3.8, 4) is 11.8 Å². The van der Waals surface area contributed by atoms with Crippen molar-refractivity contribution in [3.05, 3.63) is 70.2 Å². The fourth-order valence-corrected chi connectivity index (χ4v) is 3.93. The third kappa shape index (κ3) is 2.70. The minimum absolute atomic E-state index is 0.0423. The van der Waals surface area contributed by atoms with Crippen LogP contribution in [0.4, 0.5) is 0 Å². The van der Waals surface area contributed by atoms with Crippen LogP contribution < -0.4 is 0 Å². The van der Waals surface area contributed by atoms with Crippen LogP contribution in [0, 0.1) is 11.8 Å². The Labute approximate surface area is 144 Å². The predicted molar refractivity (Wildman–Crippen MR) is 92.8 cm³/mol. The molecule has 1 fully saturated rings. The van der Waals surface area contributed by atoms with E-state index in [4.69, 9.17) is 6.85 Å². The number of rotatable bonds is 1. The second kappa shape index (κ2) is 6.05. The van der Waals surface area contributed by atoms with Gasteiger partial charge < -0.3 is 0 Å². The van der Waals surface area contributed by atoms with Crippen molar-refractivity contribution >= 4 is 6.29 Å². The summed E-state index contributed by atoms with van der Waals surface area (Å²) in [6.45, 7) is 0. The monoisotopic (exact) mass is 305 g/mol. The summed E-state index contributed by atoms with van der Waals surface area (Å²) < 4.78 is 39.2. The van der Waals surface area contributed by atoms with Crippen LogP contribution in [0.25, 0.3) is 0 Å². The maximum absolute atomic E-state index is 11.7. The van der Waals surface area contributed by atoms with Gasteiger partial charge in [-0.2, -0.15) is 0 Å². The molecule has 2 unspecified atom stereocenters. The van der Waals surface area contributed by atoms with Crippen molar-refractivity contribution in [3.63, 3.8) is 0 Å². The van der Waals surface area contributed by atoms with Crippen molar-refractivity contribution in [2.45, 2.75) is 43.9 Å². The third-order valence-corrected chi connectivity index (χ3v) is 5.05. The van der Waals surface area contributed by atoms with Crippen molar-refractivity contribution < 1.29 is 11.6 Å². The molecule has 23 heavy (non-hydrogen) atoms. The van der Waals surface area contributed by atoms with E-state index in [0.717, 1.165) is 25.5 Å². The van der Waals surface area contributed by atoms with Gasteiger partial charge in [0.25, 0.3) is 0 Å². The van der Waals surface area contributed by atoms with Crippen LogP contribution >= 0.6 is 0 Å². The van der Waals surface area contributed by atoms with Crippen LogP contribution in [0.1, 0.15) is 83.4 Å². The lowest BCUT2D eigenvalue weighted by atomic mass is 9.77. The molecule has 0 spiro atoms. The van der Waals surface area contributed by atoms with E-state index < -0.39 is 18.1 Å². The quantitative estimate of drug-likeness (QED) is 0.532. The van der Waals surface area contributed by atoms with E-state index in [0.29, 0.717) is 23.0 Å². The smallest absolute Gasteiger partial charge is 0.151 e. The van der Waals surface area contributed by atoms with Gasteiger partial charge in [0.2, 0.25) is 0 Å². The molecule has 2 atom stereocenters. The van der Waals surface area contributed by atoms with E-state index in [-0.39, 0.29) is 17.6 Å². The summed E-state index contributed by atoms with van der Waals surface area (Å²) in [7, 11) is 0. The molecule has 1 nitrogen and oxygen atoms in total. The first-order chi connectivity index (χ1) is 13.4. The molecule has 114 valence electrons. The maximum atomic E-state index is 11.7. The molecule has 0 aliphatic heterocycles. The fourth-order valence-electron chi connectivity index (χ4n) is 3.93. The number of benzene rings is 2. The third-order valence-electron chi connectivity index (χ3n) is 5.05. The highest BCUT2D eigenvalue weighted by Gasteiger charge is 2.31. The molecule has 5 rings (SSSR count). The number of aldehydes is 1. The Balaban J connectivity index is 1.85. The van der Waals surface area contributed by atoms with E-state index in [1.807, 2.05) is 12.1 Å². The summed E-state index contributed by atoms with van der Waals surface area (Å²) in [5.41, 5.74) is 3.56. The number of carbonyl (C=O) groups excluding carboxylic acids is 1. The Morgan fingerprint density at radius 2 is 1.65 bits per heavy atom. The van der Waals surface area contributed by atoms with Gasteiger partial charge in [-0.3, -0.25) is 4.79 Å². The first-order valence-electron chi connectivity index (χ1n) is 10.6. The molecule has 0 radical (unpaired) electrons. The lowest BCUT2D eigenvalue weighted by Crippen LogP contribution is -2.12. The van der Waals surface area contributed by atoms with E-state index in [2.05, 4.69) is 11.8 Å². The van der Waals surface area contributed by atoms with Gasteiger partial charge in [0.05, 0.1) is 6.85 Å². The maximum Gasteiger partial charge on any atom is 0.151 e. The second-order valence-electron chi connectivity index (χ2n) is 6.34. The Bertz CT molecular complexity index is 1010. The summed E-state index contributed by atoms with van der Waals surface area (Å²) >= 11 is 0. The van der Waals surface area contributed by atoms with E-state index >= 15 is 0 Å². The first kappa shape index (κ1) is 9.73. The van der Waals surface area contributed by atoms with E-state index in [1.165, 1.54) is 24.0 Å². The standard InChI is InChI=1S/C22H20O/c23-15-20-14-22-18-8-4-7-17(11-12-18)21(22)13-19(20)10-9-16-5-2-1-3-6-16/h1-3,5-6,13-15,17-18H,4,7-8,11-12H2/i1D,2D,3D,5D,6D. The average Bonchev–Trinajstić information content (AvgIpc) is 3.05. The van der Waals surface area contributed by atoms with E-state index in [1.54, 1.807) is 0 Å². The Morgan fingerprint density at radius 1 is 0.957 bits per heavy atom. The van der Waals surface area contributed by atoms with Crippen molar-refractivity contribution in [2.75, 3.05) is 0 Å². The highest BCUT2D eigenvalue weighted by molar-refractivity contribution is 5.80. The zero-order chi connectivity index (χ0) is 20.0. The molecule has 0 aromatic heterocycles. The molecule has 2 aromatic rings. The summed E-state index contributed by atoms with van der Waals surface area (Å²) in [4.78, 5) is 11.7. The lowest BCUT2D eigenvalue weighted by molar-refractivity contribution is 0.112. The summed E-state index contributed by atoms with van der Waals surface area (Å²) in [6, 6.07) is 2.07. The van der Waals surface area contributed by atoms with Crippen molar-refractivity contribution in [1.82, 2.24) is 0 Å². The average molecular weight is 305 g/mol. The van der Waals surface area contributed by atoms with Gasteiger partial charge in [0.15, 0.2) is 6.29 Å². The molecule has 0 N–H and O–H groups in total. The molecule has 3 aliphatic rings. The molecule has 0 amide bonds. The summed E-state index contributed by atoms with van der Waals surface area (Å²) in [6.07, 6.45) is 6.64. The zero-order valence-electron chi connectivity index (χ0n) is 17.8. The topological polar surface area (TPSA) is 17.1 Å². The van der Waals surface area contributed by atoms with Gasteiger partial charge in [0, 0.05) is 16.7 Å². The zero-order valence-corrected chi connectivity index (χ0v) is 12.8. The SMILES string of the molecule is [2H]c1c([2H])c([2H])c(C#Cc2cc3c(cc2C=O)C2CCCC3CC2)c([2H])c1[2H]. The van der Waals surface area contributed by atoms with Gasteiger partial charge in [-0.25, -0.2) is 0 Å². The van der Waals surface area contributed by atoms with Crippen LogP contribution in [-0.2, 0) is 0 Å². The van der Waals surface area contributed by atoms with Crippen LogP contribution in [0.15, 0.2) is 42.3 Å². The normalized spacial score (nSPS) is 24.8. The minimum Gasteiger partial charge on any atom is -0.298 e. The van der Waals surface area contributed by atoms with Crippen molar-refractivity contribution in [2.24, 2.45) is 0 Å². The molecule has 1 saturated carbocycles. The summed E-state index contributed by atoms with van der Waals surface area (Å²) in [5, 5.41) is 0. The van der Waals surface area contributed by atoms with Crippen LogP contribution in [0.5, 0.6) is 0 Å². The highest BCUT2D eigenvalue weighted by atomic mass is 16.1. The predicted octanol–water partition coefficient (Wildman–Crippen LogP) is 5.04. The molecule has 2 bridgehead atoms. The Hall–Kier alpha value is -2.33. The Morgan fingerprint density at radius 3 is 2.35 bits per heavy atom. The van der Waals surface area contributed by atoms with Crippen LogP contribution in [0.2, 0.25) is 0 Å². The Kier molecular flexibility index (Phi) is 2.56. The lowest BCUT2D eigenvalue weighted by Gasteiger charge is -2.28. The van der Waals surface area contributed by atoms with Gasteiger partial charge in [-0.05, 0) is 72.9 Å². The highest BCUT2D eigenvalue weighted by Crippen LogP contribution is 2.47. The largest absolute Gasteiger partial charge is 0.298 e. The number of hydrogen-bond donors (Lipinski definition) is 0. The molecular formula is C22H20O. The number of fused-ring (bicyclic) bond motifs is 3. The number of carbonyl (C=O) groups is 1. The second-order valence-corrected chi connectivity index (χ2v) is 6.34. The van der Waals surface area contributed by atoms with Crippen LogP contribution in [-0.4, -0.2) is 6.29 Å². The molecule has 1 heteroatoms. The molecule has 3 aliphatic carbocycles. The van der Waals surface area contributed by atoms with Gasteiger partial charge >= 0.3 is 0 Å². The van der Waals surface area contributed by atoms with Gasteiger partial charge in [-0.1, -0.05) is 36.4 Å². The summed E-state index contributed by atoms with van der Waals surface area (Å²) in [5.74, 6) is 6.66. The molecule has 0 heterocycles.